The Hall–Kier alpha value is -2.60. The summed E-state index contributed by atoms with van der Waals surface area (Å²) in [6.45, 7) is 8.01. The summed E-state index contributed by atoms with van der Waals surface area (Å²) in [7, 11) is 0. The van der Waals surface area contributed by atoms with Gasteiger partial charge in [-0.15, -0.1) is 5.10 Å². The summed E-state index contributed by atoms with van der Waals surface area (Å²) >= 11 is 1.34. The summed E-state index contributed by atoms with van der Waals surface area (Å²) in [6, 6.07) is 14.2. The SMILES string of the molecule is CCc1ccc(-c2nc(S[C@@H](C)C(=O)Nc3ccc(C)cc3C)n[nH]2)cc1. The molecule has 0 aliphatic heterocycles. The monoisotopic (exact) mass is 380 g/mol. The number of amides is 1. The van der Waals surface area contributed by atoms with Crippen molar-refractivity contribution in [1.82, 2.24) is 15.2 Å². The average Bonchev–Trinajstić information content (AvgIpc) is 3.12. The highest BCUT2D eigenvalue weighted by atomic mass is 32.2. The molecule has 3 rings (SSSR count). The molecular formula is C21H24N4OS. The van der Waals surface area contributed by atoms with E-state index in [2.05, 4.69) is 45.6 Å². The summed E-state index contributed by atoms with van der Waals surface area (Å²) in [5.74, 6) is 0.646. The maximum Gasteiger partial charge on any atom is 0.237 e. The van der Waals surface area contributed by atoms with Gasteiger partial charge >= 0.3 is 0 Å². The Morgan fingerprint density at radius 2 is 1.93 bits per heavy atom. The molecule has 0 fully saturated rings. The predicted molar refractivity (Wildman–Crippen MR) is 111 cm³/mol. The van der Waals surface area contributed by atoms with Crippen molar-refractivity contribution in [2.45, 2.75) is 44.5 Å². The highest BCUT2D eigenvalue weighted by Crippen LogP contribution is 2.24. The zero-order valence-electron chi connectivity index (χ0n) is 16.0. The van der Waals surface area contributed by atoms with Crippen molar-refractivity contribution in [3.05, 3.63) is 59.2 Å². The van der Waals surface area contributed by atoms with Crippen LogP contribution in [0.3, 0.4) is 0 Å². The molecular weight excluding hydrogens is 356 g/mol. The van der Waals surface area contributed by atoms with Crippen molar-refractivity contribution in [2.24, 2.45) is 0 Å². The van der Waals surface area contributed by atoms with Crippen LogP contribution < -0.4 is 5.32 Å². The fraction of sp³-hybridized carbons (Fsp3) is 0.286. The van der Waals surface area contributed by atoms with Gasteiger partial charge in [0.15, 0.2) is 5.82 Å². The lowest BCUT2D eigenvalue weighted by molar-refractivity contribution is -0.115. The second-order valence-corrected chi connectivity index (χ2v) is 7.89. The van der Waals surface area contributed by atoms with Gasteiger partial charge in [-0.2, -0.15) is 0 Å². The van der Waals surface area contributed by atoms with Gasteiger partial charge in [0, 0.05) is 11.3 Å². The Morgan fingerprint density at radius 1 is 1.19 bits per heavy atom. The van der Waals surface area contributed by atoms with E-state index in [1.807, 2.05) is 45.0 Å². The maximum atomic E-state index is 12.5. The van der Waals surface area contributed by atoms with Gasteiger partial charge in [0.1, 0.15) is 0 Å². The minimum Gasteiger partial charge on any atom is -0.325 e. The highest BCUT2D eigenvalue weighted by Gasteiger charge is 2.18. The van der Waals surface area contributed by atoms with Gasteiger partial charge in [0.2, 0.25) is 11.1 Å². The van der Waals surface area contributed by atoms with Crippen molar-refractivity contribution in [3.63, 3.8) is 0 Å². The van der Waals surface area contributed by atoms with Crippen LogP contribution in [-0.4, -0.2) is 26.3 Å². The number of aromatic nitrogens is 3. The van der Waals surface area contributed by atoms with Crippen molar-refractivity contribution in [3.8, 4) is 11.4 Å². The van der Waals surface area contributed by atoms with Gasteiger partial charge in [-0.3, -0.25) is 9.89 Å². The number of nitrogens with one attached hydrogen (secondary N) is 2. The molecule has 1 amide bonds. The Balaban J connectivity index is 1.64. The molecule has 0 bridgehead atoms. The first-order chi connectivity index (χ1) is 13.0. The molecule has 1 aromatic heterocycles. The number of hydrogen-bond acceptors (Lipinski definition) is 4. The third kappa shape index (κ3) is 4.77. The van der Waals surface area contributed by atoms with Gasteiger partial charge < -0.3 is 5.32 Å². The van der Waals surface area contributed by atoms with Gasteiger partial charge in [0.05, 0.1) is 5.25 Å². The van der Waals surface area contributed by atoms with Gasteiger partial charge in [-0.05, 0) is 44.4 Å². The number of benzene rings is 2. The number of carbonyl (C=O) groups excluding carboxylic acids is 1. The van der Waals surface area contributed by atoms with E-state index in [4.69, 9.17) is 0 Å². The van der Waals surface area contributed by atoms with Crippen molar-refractivity contribution in [2.75, 3.05) is 5.32 Å². The van der Waals surface area contributed by atoms with Crippen molar-refractivity contribution in [1.29, 1.82) is 0 Å². The highest BCUT2D eigenvalue weighted by molar-refractivity contribution is 8.00. The molecule has 0 saturated heterocycles. The molecule has 0 saturated carbocycles. The third-order valence-electron chi connectivity index (χ3n) is 4.39. The lowest BCUT2D eigenvalue weighted by Crippen LogP contribution is -2.23. The number of anilines is 1. The fourth-order valence-electron chi connectivity index (χ4n) is 2.73. The summed E-state index contributed by atoms with van der Waals surface area (Å²) in [5, 5.41) is 10.4. The Morgan fingerprint density at radius 3 is 2.59 bits per heavy atom. The molecule has 0 spiro atoms. The van der Waals surface area contributed by atoms with E-state index >= 15 is 0 Å². The molecule has 0 unspecified atom stereocenters. The fourth-order valence-corrected chi connectivity index (χ4v) is 3.45. The number of nitrogens with zero attached hydrogens (tertiary/aromatic N) is 2. The molecule has 0 aliphatic rings. The van der Waals surface area contributed by atoms with Crippen LogP contribution in [0.15, 0.2) is 47.6 Å². The number of rotatable bonds is 6. The number of aryl methyl sites for hydroxylation is 3. The van der Waals surface area contributed by atoms with E-state index < -0.39 is 0 Å². The first-order valence-corrected chi connectivity index (χ1v) is 9.90. The molecule has 140 valence electrons. The number of H-pyrrole nitrogens is 1. The normalized spacial score (nSPS) is 12.0. The van der Waals surface area contributed by atoms with Crippen LogP contribution in [0.2, 0.25) is 0 Å². The number of thioether (sulfide) groups is 1. The van der Waals surface area contributed by atoms with Gasteiger partial charge in [0.25, 0.3) is 0 Å². The van der Waals surface area contributed by atoms with Crippen LogP contribution in [0.1, 0.15) is 30.5 Å². The Kier molecular flexibility index (Phi) is 5.96. The smallest absolute Gasteiger partial charge is 0.237 e. The molecule has 5 nitrogen and oxygen atoms in total. The summed E-state index contributed by atoms with van der Waals surface area (Å²) in [5.41, 5.74) is 5.33. The van der Waals surface area contributed by atoms with Crippen LogP contribution in [0, 0.1) is 13.8 Å². The zero-order valence-corrected chi connectivity index (χ0v) is 16.9. The minimum absolute atomic E-state index is 0.0643. The van der Waals surface area contributed by atoms with E-state index in [1.54, 1.807) is 0 Å². The number of hydrogen-bond donors (Lipinski definition) is 2. The molecule has 27 heavy (non-hydrogen) atoms. The van der Waals surface area contributed by atoms with Crippen LogP contribution in [-0.2, 0) is 11.2 Å². The van der Waals surface area contributed by atoms with Crippen LogP contribution >= 0.6 is 11.8 Å². The first kappa shape index (κ1) is 19.2. The predicted octanol–water partition coefficient (Wildman–Crippen LogP) is 4.77. The molecule has 3 aromatic rings. The molecule has 2 N–H and O–H groups in total. The summed E-state index contributed by atoms with van der Waals surface area (Å²) in [6.07, 6.45) is 1.00. The van der Waals surface area contributed by atoms with E-state index in [9.17, 15) is 4.79 Å². The quantitative estimate of drug-likeness (QED) is 0.604. The Bertz CT molecular complexity index is 934. The lowest BCUT2D eigenvalue weighted by atomic mass is 10.1. The van der Waals surface area contributed by atoms with Gasteiger partial charge in [-0.25, -0.2) is 4.98 Å². The maximum absolute atomic E-state index is 12.5. The molecule has 6 heteroatoms. The molecule has 1 atom stereocenters. The van der Waals surface area contributed by atoms with E-state index in [1.165, 1.54) is 22.9 Å². The Labute approximate surface area is 164 Å². The van der Waals surface area contributed by atoms with E-state index in [0.29, 0.717) is 11.0 Å². The second-order valence-electron chi connectivity index (χ2n) is 6.58. The van der Waals surface area contributed by atoms with Gasteiger partial charge in [-0.1, -0.05) is 60.6 Å². The minimum atomic E-state index is -0.308. The number of carbonyl (C=O) groups is 1. The second kappa shape index (κ2) is 8.39. The van der Waals surface area contributed by atoms with E-state index in [0.717, 1.165) is 23.2 Å². The lowest BCUT2D eigenvalue weighted by Gasteiger charge is -2.12. The largest absolute Gasteiger partial charge is 0.325 e. The van der Waals surface area contributed by atoms with Crippen LogP contribution in [0.25, 0.3) is 11.4 Å². The number of aromatic amines is 1. The summed E-state index contributed by atoms with van der Waals surface area (Å²) < 4.78 is 0. The standard InChI is InChI=1S/C21H24N4OS/c1-5-16-7-9-17(10-8-16)19-23-21(25-24-19)27-15(4)20(26)22-18-11-6-13(2)12-14(18)3/h6-12,15H,5H2,1-4H3,(H,22,26)(H,23,24,25)/t15-/m0/s1. The first-order valence-electron chi connectivity index (χ1n) is 9.02. The van der Waals surface area contributed by atoms with Crippen LogP contribution in [0.4, 0.5) is 5.69 Å². The third-order valence-corrected chi connectivity index (χ3v) is 5.35. The summed E-state index contributed by atoms with van der Waals surface area (Å²) in [4.78, 5) is 17.0. The van der Waals surface area contributed by atoms with Crippen LogP contribution in [0.5, 0.6) is 0 Å². The van der Waals surface area contributed by atoms with Crippen molar-refractivity contribution < 1.29 is 4.79 Å². The van der Waals surface area contributed by atoms with Crippen molar-refractivity contribution >= 4 is 23.4 Å². The zero-order chi connectivity index (χ0) is 19.4. The molecule has 0 aliphatic carbocycles. The molecule has 1 heterocycles. The average molecular weight is 381 g/mol. The molecule has 0 radical (unpaired) electrons. The topological polar surface area (TPSA) is 70.7 Å². The van der Waals surface area contributed by atoms with E-state index in [-0.39, 0.29) is 11.2 Å². The molecule has 2 aromatic carbocycles.